The van der Waals surface area contributed by atoms with Gasteiger partial charge in [-0.3, -0.25) is 0 Å². The summed E-state index contributed by atoms with van der Waals surface area (Å²) in [6.07, 6.45) is 1.29. The van der Waals surface area contributed by atoms with Crippen LogP contribution in [0.25, 0.3) is 10.9 Å². The normalized spacial score (nSPS) is 10.4. The molecule has 0 fully saturated rings. The molecular weight excluding hydrogens is 189 g/mol. The van der Waals surface area contributed by atoms with E-state index in [4.69, 9.17) is 0 Å². The van der Waals surface area contributed by atoms with Crippen molar-refractivity contribution in [2.45, 2.75) is 0 Å². The van der Waals surface area contributed by atoms with Crippen molar-refractivity contribution in [1.29, 1.82) is 0 Å². The first-order chi connectivity index (χ1) is 6.66. The lowest BCUT2D eigenvalue weighted by molar-refractivity contribution is -0.394. The summed E-state index contributed by atoms with van der Waals surface area (Å²) in [5.74, 6) is -1.01. The highest BCUT2D eigenvalue weighted by molar-refractivity contribution is 5.77. The van der Waals surface area contributed by atoms with Crippen LogP contribution in [0.5, 0.6) is 0 Å². The molecule has 0 radical (unpaired) electrons. The molecule has 0 atom stereocenters. The standard InChI is InChI=1S/C8H4FN3O2/c9-6-2-1-5-4-10-8(12(13)14)11-7(5)3-6/h1-4H. The molecule has 70 valence electrons. The molecule has 0 saturated heterocycles. The van der Waals surface area contributed by atoms with Crippen LogP contribution >= 0.6 is 0 Å². The zero-order valence-corrected chi connectivity index (χ0v) is 6.85. The molecule has 6 heteroatoms. The molecular formula is C8H4FN3O2. The summed E-state index contributed by atoms with van der Waals surface area (Å²) < 4.78 is 12.7. The van der Waals surface area contributed by atoms with Gasteiger partial charge in [-0.1, -0.05) is 9.97 Å². The van der Waals surface area contributed by atoms with Gasteiger partial charge in [-0.2, -0.15) is 0 Å². The maximum Gasteiger partial charge on any atom is 0.469 e. The molecule has 0 amide bonds. The molecule has 1 aromatic heterocycles. The molecule has 0 saturated carbocycles. The maximum atomic E-state index is 12.7. The number of hydrogen-bond acceptors (Lipinski definition) is 4. The average Bonchev–Trinajstić information content (AvgIpc) is 2.16. The molecule has 0 aliphatic rings. The molecule has 0 aliphatic heterocycles. The van der Waals surface area contributed by atoms with Crippen molar-refractivity contribution >= 4 is 16.9 Å². The molecule has 2 aromatic rings. The molecule has 14 heavy (non-hydrogen) atoms. The van der Waals surface area contributed by atoms with E-state index in [1.165, 1.54) is 18.3 Å². The summed E-state index contributed by atoms with van der Waals surface area (Å²) >= 11 is 0. The zero-order chi connectivity index (χ0) is 10.1. The maximum absolute atomic E-state index is 12.7. The van der Waals surface area contributed by atoms with Gasteiger partial charge in [0, 0.05) is 6.07 Å². The van der Waals surface area contributed by atoms with Gasteiger partial charge in [0.1, 0.15) is 12.0 Å². The highest BCUT2D eigenvalue weighted by atomic mass is 19.1. The minimum absolute atomic E-state index is 0.228. The van der Waals surface area contributed by atoms with E-state index in [0.29, 0.717) is 5.39 Å². The Kier molecular flexibility index (Phi) is 1.81. The Labute approximate surface area is 77.4 Å². The Morgan fingerprint density at radius 2 is 2.21 bits per heavy atom. The van der Waals surface area contributed by atoms with Gasteiger partial charge in [0.2, 0.25) is 0 Å². The van der Waals surface area contributed by atoms with Crippen LogP contribution in [0.15, 0.2) is 24.4 Å². The average molecular weight is 193 g/mol. The topological polar surface area (TPSA) is 68.9 Å². The van der Waals surface area contributed by atoms with Crippen molar-refractivity contribution in [1.82, 2.24) is 9.97 Å². The Morgan fingerprint density at radius 3 is 2.93 bits per heavy atom. The van der Waals surface area contributed by atoms with Gasteiger partial charge in [-0.15, -0.1) is 0 Å². The van der Waals surface area contributed by atoms with E-state index in [9.17, 15) is 14.5 Å². The third-order valence-electron chi connectivity index (χ3n) is 1.70. The third kappa shape index (κ3) is 1.37. The fourth-order valence-corrected chi connectivity index (χ4v) is 1.07. The van der Waals surface area contributed by atoms with Crippen molar-refractivity contribution in [3.8, 4) is 0 Å². The van der Waals surface area contributed by atoms with Crippen LogP contribution in [0.4, 0.5) is 10.3 Å². The van der Waals surface area contributed by atoms with Gasteiger partial charge >= 0.3 is 5.95 Å². The number of aromatic nitrogens is 2. The molecule has 0 spiro atoms. The van der Waals surface area contributed by atoms with Crippen molar-refractivity contribution in [2.75, 3.05) is 0 Å². The SMILES string of the molecule is O=[N+]([O-])c1ncc2ccc(F)cc2n1. The van der Waals surface area contributed by atoms with Crippen LogP contribution in [-0.4, -0.2) is 14.9 Å². The summed E-state index contributed by atoms with van der Waals surface area (Å²) in [7, 11) is 0. The number of benzene rings is 1. The predicted molar refractivity (Wildman–Crippen MR) is 46.2 cm³/mol. The molecule has 0 bridgehead atoms. The first-order valence-electron chi connectivity index (χ1n) is 3.73. The monoisotopic (exact) mass is 193 g/mol. The molecule has 1 heterocycles. The Bertz CT molecular complexity index is 515. The lowest BCUT2D eigenvalue weighted by atomic mass is 10.2. The number of fused-ring (bicyclic) bond motifs is 1. The van der Waals surface area contributed by atoms with Crippen molar-refractivity contribution in [3.05, 3.63) is 40.3 Å². The Hall–Kier alpha value is -2.11. The second kappa shape index (κ2) is 2.99. The fraction of sp³-hybridized carbons (Fsp3) is 0. The van der Waals surface area contributed by atoms with Crippen LogP contribution in [0, 0.1) is 15.9 Å². The van der Waals surface area contributed by atoms with Gasteiger partial charge < -0.3 is 10.1 Å². The largest absolute Gasteiger partial charge is 0.469 e. The molecule has 0 unspecified atom stereocenters. The second-order valence-electron chi connectivity index (χ2n) is 2.63. The molecule has 0 aliphatic carbocycles. The van der Waals surface area contributed by atoms with Crippen LogP contribution in [0.2, 0.25) is 0 Å². The smallest absolute Gasteiger partial charge is 0.390 e. The van der Waals surface area contributed by atoms with Gasteiger partial charge in [0.25, 0.3) is 0 Å². The molecule has 1 aromatic carbocycles. The van der Waals surface area contributed by atoms with Gasteiger partial charge in [-0.05, 0) is 17.1 Å². The minimum Gasteiger partial charge on any atom is -0.390 e. The zero-order valence-electron chi connectivity index (χ0n) is 6.85. The van der Waals surface area contributed by atoms with Gasteiger partial charge in [0.05, 0.1) is 5.39 Å². The summed E-state index contributed by atoms with van der Waals surface area (Å²) in [5.41, 5.74) is 0.228. The fourth-order valence-electron chi connectivity index (χ4n) is 1.07. The molecule has 0 N–H and O–H groups in total. The van der Waals surface area contributed by atoms with E-state index in [-0.39, 0.29) is 5.52 Å². The number of nitro groups is 1. The summed E-state index contributed by atoms with van der Waals surface area (Å²) in [6, 6.07) is 3.84. The van der Waals surface area contributed by atoms with Crippen LogP contribution in [0.3, 0.4) is 0 Å². The lowest BCUT2D eigenvalue weighted by Crippen LogP contribution is -1.95. The number of hydrogen-bond donors (Lipinski definition) is 0. The van der Waals surface area contributed by atoms with E-state index in [1.807, 2.05) is 0 Å². The molecule has 5 nitrogen and oxygen atoms in total. The number of nitrogens with zero attached hydrogens (tertiary/aromatic N) is 3. The number of halogens is 1. The summed E-state index contributed by atoms with van der Waals surface area (Å²) in [6.45, 7) is 0. The highest BCUT2D eigenvalue weighted by Crippen LogP contribution is 2.14. The van der Waals surface area contributed by atoms with E-state index < -0.39 is 16.7 Å². The quantitative estimate of drug-likeness (QED) is 0.510. The number of rotatable bonds is 1. The molecule has 2 rings (SSSR count). The van der Waals surface area contributed by atoms with E-state index in [2.05, 4.69) is 9.97 Å². The third-order valence-corrected chi connectivity index (χ3v) is 1.70. The predicted octanol–water partition coefficient (Wildman–Crippen LogP) is 1.68. The summed E-state index contributed by atoms with van der Waals surface area (Å²) in [5, 5.41) is 10.9. The van der Waals surface area contributed by atoms with Crippen LogP contribution < -0.4 is 0 Å². The van der Waals surface area contributed by atoms with Crippen LogP contribution in [0.1, 0.15) is 0 Å². The Morgan fingerprint density at radius 1 is 1.43 bits per heavy atom. The van der Waals surface area contributed by atoms with Gasteiger partial charge in [-0.25, -0.2) is 4.39 Å². The van der Waals surface area contributed by atoms with Crippen molar-refractivity contribution in [3.63, 3.8) is 0 Å². The van der Waals surface area contributed by atoms with E-state index in [1.54, 1.807) is 0 Å². The van der Waals surface area contributed by atoms with E-state index in [0.717, 1.165) is 6.07 Å². The van der Waals surface area contributed by atoms with Gasteiger partial charge in [0.15, 0.2) is 5.52 Å². The first-order valence-corrected chi connectivity index (χ1v) is 3.73. The summed E-state index contributed by atoms with van der Waals surface area (Å²) in [4.78, 5) is 16.7. The lowest BCUT2D eigenvalue weighted by Gasteiger charge is -1.93. The van der Waals surface area contributed by atoms with Crippen molar-refractivity contribution < 1.29 is 9.31 Å². The second-order valence-corrected chi connectivity index (χ2v) is 2.63. The minimum atomic E-state index is -0.718. The Balaban J connectivity index is 2.69. The van der Waals surface area contributed by atoms with Crippen LogP contribution in [-0.2, 0) is 0 Å². The highest BCUT2D eigenvalue weighted by Gasteiger charge is 2.10. The van der Waals surface area contributed by atoms with E-state index >= 15 is 0 Å². The van der Waals surface area contributed by atoms with Crippen molar-refractivity contribution in [2.24, 2.45) is 0 Å². The first kappa shape index (κ1) is 8.49.